The number of fused-ring (bicyclic) bond motifs is 2. The minimum atomic E-state index is -0.248. The fourth-order valence-electron chi connectivity index (χ4n) is 4.26. The van der Waals surface area contributed by atoms with Gasteiger partial charge in [0.25, 0.3) is 0 Å². The van der Waals surface area contributed by atoms with E-state index in [2.05, 4.69) is 48.8 Å². The van der Waals surface area contributed by atoms with Crippen LogP contribution in [0, 0.1) is 5.92 Å². The molecule has 0 radical (unpaired) electrons. The Bertz CT molecular complexity index is 1080. The summed E-state index contributed by atoms with van der Waals surface area (Å²) in [4.78, 5) is 37.3. The van der Waals surface area contributed by atoms with Gasteiger partial charge in [0, 0.05) is 38.3 Å². The Hall–Kier alpha value is -3.47. The van der Waals surface area contributed by atoms with Crippen molar-refractivity contribution in [2.45, 2.75) is 51.9 Å². The SMILES string of the molecule is CC(C)/C=C/CNC(=O)CCCC(=O)NCCC(=O)C1Cc2ccccc2/C=C\c2ccccc21. The number of rotatable bonds is 11. The Morgan fingerprint density at radius 2 is 1.54 bits per heavy atom. The van der Waals surface area contributed by atoms with Crippen LogP contribution in [-0.2, 0) is 20.8 Å². The van der Waals surface area contributed by atoms with Gasteiger partial charge in [-0.3, -0.25) is 14.4 Å². The minimum absolute atomic E-state index is 0.0568. The van der Waals surface area contributed by atoms with E-state index in [0.29, 0.717) is 38.3 Å². The van der Waals surface area contributed by atoms with E-state index >= 15 is 0 Å². The topological polar surface area (TPSA) is 75.3 Å². The third kappa shape index (κ3) is 8.36. The van der Waals surface area contributed by atoms with E-state index in [1.165, 1.54) is 0 Å². The maximum Gasteiger partial charge on any atom is 0.220 e. The Kier molecular flexibility index (Phi) is 10.0. The van der Waals surface area contributed by atoms with E-state index in [1.807, 2.05) is 48.6 Å². The van der Waals surface area contributed by atoms with Gasteiger partial charge >= 0.3 is 0 Å². The predicted molar refractivity (Wildman–Crippen MR) is 142 cm³/mol. The fourth-order valence-corrected chi connectivity index (χ4v) is 4.26. The first-order chi connectivity index (χ1) is 16.9. The van der Waals surface area contributed by atoms with Crippen LogP contribution in [0.1, 0.15) is 67.7 Å². The standard InChI is InChI=1S/C30H36N2O3/c1-22(2)9-8-19-31-29(34)14-7-15-30(35)32-20-18-28(33)27-21-25-12-4-3-10-23(25)16-17-24-11-5-6-13-26(24)27/h3-6,8-13,16-17,22,27H,7,14-15,18-21H2,1-2H3,(H,31,34)(H,32,35)/b9-8+,17-16-. The summed E-state index contributed by atoms with van der Waals surface area (Å²) < 4.78 is 0. The summed E-state index contributed by atoms with van der Waals surface area (Å²) in [5.41, 5.74) is 4.37. The Labute approximate surface area is 208 Å². The zero-order valence-corrected chi connectivity index (χ0v) is 20.8. The molecule has 35 heavy (non-hydrogen) atoms. The minimum Gasteiger partial charge on any atom is -0.356 e. The molecule has 0 bridgehead atoms. The predicted octanol–water partition coefficient (Wildman–Crippen LogP) is 5.07. The number of carbonyl (C=O) groups excluding carboxylic acids is 3. The van der Waals surface area contributed by atoms with Crippen LogP contribution in [-0.4, -0.2) is 30.7 Å². The molecule has 2 amide bonds. The molecule has 3 rings (SSSR count). The van der Waals surface area contributed by atoms with E-state index in [0.717, 1.165) is 22.3 Å². The lowest BCUT2D eigenvalue weighted by Gasteiger charge is -2.22. The zero-order valence-electron chi connectivity index (χ0n) is 20.8. The van der Waals surface area contributed by atoms with Crippen LogP contribution in [0.3, 0.4) is 0 Å². The Balaban J connectivity index is 1.46. The van der Waals surface area contributed by atoms with Crippen molar-refractivity contribution in [3.8, 4) is 0 Å². The molecule has 0 saturated carbocycles. The molecule has 0 aliphatic heterocycles. The molecule has 0 saturated heterocycles. The first kappa shape index (κ1) is 26.1. The highest BCUT2D eigenvalue weighted by atomic mass is 16.2. The molecule has 2 N–H and O–H groups in total. The second-order valence-corrected chi connectivity index (χ2v) is 9.31. The van der Waals surface area contributed by atoms with E-state index in [4.69, 9.17) is 0 Å². The molecular weight excluding hydrogens is 436 g/mol. The maximum atomic E-state index is 13.3. The van der Waals surface area contributed by atoms with Crippen molar-refractivity contribution in [2.75, 3.05) is 13.1 Å². The molecule has 5 heteroatoms. The summed E-state index contributed by atoms with van der Waals surface area (Å²) in [6.07, 6.45) is 10.2. The van der Waals surface area contributed by atoms with E-state index < -0.39 is 0 Å². The van der Waals surface area contributed by atoms with Gasteiger partial charge < -0.3 is 10.6 Å². The normalized spacial score (nSPS) is 15.6. The van der Waals surface area contributed by atoms with Gasteiger partial charge in [-0.1, -0.05) is 86.7 Å². The summed E-state index contributed by atoms with van der Waals surface area (Å²) in [5, 5.41) is 5.67. The molecule has 0 fully saturated rings. The highest BCUT2D eigenvalue weighted by Gasteiger charge is 2.24. The average Bonchev–Trinajstić information content (AvgIpc) is 2.83. The lowest BCUT2D eigenvalue weighted by molar-refractivity contribution is -0.122. The van der Waals surface area contributed by atoms with Gasteiger partial charge in [-0.15, -0.1) is 0 Å². The van der Waals surface area contributed by atoms with Crippen molar-refractivity contribution in [3.05, 3.63) is 82.9 Å². The lowest BCUT2D eigenvalue weighted by Crippen LogP contribution is -2.28. The second kappa shape index (κ2) is 13.4. The number of amides is 2. The van der Waals surface area contributed by atoms with Gasteiger partial charge in [0.05, 0.1) is 0 Å². The molecule has 1 atom stereocenters. The number of nitrogens with one attached hydrogen (secondary N) is 2. The fraction of sp³-hybridized carbons (Fsp3) is 0.367. The highest BCUT2D eigenvalue weighted by Crippen LogP contribution is 2.31. The number of ketones is 1. The molecule has 0 aromatic heterocycles. The van der Waals surface area contributed by atoms with Gasteiger partial charge in [0.2, 0.25) is 11.8 Å². The van der Waals surface area contributed by atoms with Crippen molar-refractivity contribution in [2.24, 2.45) is 5.92 Å². The number of hydrogen-bond acceptors (Lipinski definition) is 3. The molecular formula is C30H36N2O3. The van der Waals surface area contributed by atoms with E-state index in [1.54, 1.807) is 0 Å². The lowest BCUT2D eigenvalue weighted by atomic mass is 9.82. The van der Waals surface area contributed by atoms with Crippen molar-refractivity contribution < 1.29 is 14.4 Å². The van der Waals surface area contributed by atoms with Crippen LogP contribution in [0.25, 0.3) is 12.2 Å². The van der Waals surface area contributed by atoms with Crippen LogP contribution in [0.2, 0.25) is 0 Å². The second-order valence-electron chi connectivity index (χ2n) is 9.31. The number of Topliss-reactive ketones (excluding diaryl/α,β-unsaturated/α-hetero) is 1. The summed E-state index contributed by atoms with van der Waals surface area (Å²) >= 11 is 0. The highest BCUT2D eigenvalue weighted by molar-refractivity contribution is 5.89. The first-order valence-corrected chi connectivity index (χ1v) is 12.5. The molecule has 1 aliphatic rings. The molecule has 2 aromatic rings. The quantitative estimate of drug-likeness (QED) is 0.448. The van der Waals surface area contributed by atoms with Gasteiger partial charge in [-0.2, -0.15) is 0 Å². The summed E-state index contributed by atoms with van der Waals surface area (Å²) in [6, 6.07) is 16.2. The molecule has 1 aliphatic carbocycles. The smallest absolute Gasteiger partial charge is 0.220 e. The van der Waals surface area contributed by atoms with Gasteiger partial charge in [-0.05, 0) is 41.0 Å². The molecule has 1 unspecified atom stereocenters. The number of benzene rings is 2. The third-order valence-corrected chi connectivity index (χ3v) is 6.12. The largest absolute Gasteiger partial charge is 0.356 e. The van der Waals surface area contributed by atoms with Gasteiger partial charge in [0.15, 0.2) is 0 Å². The maximum absolute atomic E-state index is 13.3. The van der Waals surface area contributed by atoms with Crippen molar-refractivity contribution in [1.29, 1.82) is 0 Å². The summed E-state index contributed by atoms with van der Waals surface area (Å²) in [6.45, 7) is 4.98. The van der Waals surface area contributed by atoms with Crippen molar-refractivity contribution in [3.63, 3.8) is 0 Å². The zero-order chi connectivity index (χ0) is 25.0. The van der Waals surface area contributed by atoms with Crippen LogP contribution >= 0.6 is 0 Å². The number of carbonyl (C=O) groups is 3. The van der Waals surface area contributed by atoms with Crippen LogP contribution < -0.4 is 10.6 Å². The Morgan fingerprint density at radius 3 is 2.31 bits per heavy atom. The monoisotopic (exact) mass is 472 g/mol. The van der Waals surface area contributed by atoms with Crippen molar-refractivity contribution >= 4 is 29.7 Å². The third-order valence-electron chi connectivity index (χ3n) is 6.12. The molecule has 0 spiro atoms. The number of allylic oxidation sites excluding steroid dienone is 1. The first-order valence-electron chi connectivity index (χ1n) is 12.5. The summed E-state index contributed by atoms with van der Waals surface area (Å²) in [7, 11) is 0. The van der Waals surface area contributed by atoms with Crippen molar-refractivity contribution in [1.82, 2.24) is 10.6 Å². The molecule has 5 nitrogen and oxygen atoms in total. The van der Waals surface area contributed by atoms with Crippen LogP contribution in [0.5, 0.6) is 0 Å². The molecule has 184 valence electrons. The van der Waals surface area contributed by atoms with Crippen LogP contribution in [0.15, 0.2) is 60.7 Å². The summed E-state index contributed by atoms with van der Waals surface area (Å²) in [5.74, 6) is 0.145. The average molecular weight is 473 g/mol. The number of hydrogen-bond donors (Lipinski definition) is 2. The van der Waals surface area contributed by atoms with E-state index in [9.17, 15) is 14.4 Å². The molecule has 2 aromatic carbocycles. The van der Waals surface area contributed by atoms with Gasteiger partial charge in [0.1, 0.15) is 5.78 Å². The Morgan fingerprint density at radius 1 is 0.886 bits per heavy atom. The molecule has 0 heterocycles. The van der Waals surface area contributed by atoms with Gasteiger partial charge in [-0.25, -0.2) is 0 Å². The van der Waals surface area contributed by atoms with Crippen LogP contribution in [0.4, 0.5) is 0 Å². The van der Waals surface area contributed by atoms with E-state index in [-0.39, 0.29) is 36.4 Å².